The minimum Gasteiger partial charge on any atom is -0.497 e. The first-order chi connectivity index (χ1) is 22.4. The van der Waals surface area contributed by atoms with Gasteiger partial charge in [0.1, 0.15) is 29.5 Å². The Morgan fingerprint density at radius 3 is 2.47 bits per heavy atom. The van der Waals surface area contributed by atoms with E-state index in [-0.39, 0.29) is 31.4 Å². The van der Waals surface area contributed by atoms with Crippen LogP contribution in [-0.2, 0) is 19.1 Å². The SMILES string of the molecule is C=CC1C[C@]1(NC(=O)[C@@H]1C[C@@H](n2nnc(-c3ccc(OC)cc3)n2)CN1C(=O)[C@H](NC(=O)OC1CCCC1)C(C)(C)C)C(=O)NC#N. The van der Waals surface area contributed by atoms with Gasteiger partial charge in [-0.05, 0) is 67.0 Å². The lowest BCUT2D eigenvalue weighted by Crippen LogP contribution is -2.59. The number of benzene rings is 1. The van der Waals surface area contributed by atoms with E-state index in [4.69, 9.17) is 14.7 Å². The average Bonchev–Trinajstić information content (AvgIpc) is 3.50. The van der Waals surface area contributed by atoms with Crippen molar-refractivity contribution < 1.29 is 28.7 Å². The first-order valence-corrected chi connectivity index (χ1v) is 15.8. The van der Waals surface area contributed by atoms with E-state index in [9.17, 15) is 19.2 Å². The summed E-state index contributed by atoms with van der Waals surface area (Å²) in [6.07, 6.45) is 6.13. The summed E-state index contributed by atoms with van der Waals surface area (Å²) < 4.78 is 10.8. The van der Waals surface area contributed by atoms with E-state index in [1.54, 1.807) is 43.6 Å². The molecule has 2 saturated carbocycles. The number of hydrogen-bond donors (Lipinski definition) is 3. The maximum Gasteiger partial charge on any atom is 0.408 e. The Morgan fingerprint density at radius 1 is 1.17 bits per heavy atom. The van der Waals surface area contributed by atoms with Gasteiger partial charge in [0, 0.05) is 24.4 Å². The summed E-state index contributed by atoms with van der Waals surface area (Å²) >= 11 is 0. The third kappa shape index (κ3) is 7.06. The zero-order valence-corrected chi connectivity index (χ0v) is 27.1. The van der Waals surface area contributed by atoms with Crippen LogP contribution in [0.3, 0.4) is 0 Å². The average molecular weight is 648 g/mol. The molecule has 15 nitrogen and oxygen atoms in total. The molecule has 2 aliphatic carbocycles. The Hall–Kier alpha value is -5.00. The smallest absolute Gasteiger partial charge is 0.408 e. The van der Waals surface area contributed by atoms with Crippen LogP contribution in [0.2, 0.25) is 0 Å². The Labute approximate surface area is 273 Å². The summed E-state index contributed by atoms with van der Waals surface area (Å²) in [6, 6.07) is 4.48. The molecular formula is C32H41N9O6. The Morgan fingerprint density at radius 2 is 1.87 bits per heavy atom. The summed E-state index contributed by atoms with van der Waals surface area (Å²) in [5.41, 5.74) is -1.41. The van der Waals surface area contributed by atoms with Crippen molar-refractivity contribution in [1.82, 2.24) is 41.1 Å². The molecule has 47 heavy (non-hydrogen) atoms. The monoisotopic (exact) mass is 647 g/mol. The topological polar surface area (TPSA) is 193 Å². The van der Waals surface area contributed by atoms with Crippen LogP contribution in [0.25, 0.3) is 11.4 Å². The highest BCUT2D eigenvalue weighted by Crippen LogP contribution is 2.45. The van der Waals surface area contributed by atoms with Crippen LogP contribution >= 0.6 is 0 Å². The van der Waals surface area contributed by atoms with E-state index in [2.05, 4.69) is 37.9 Å². The van der Waals surface area contributed by atoms with E-state index in [1.807, 2.05) is 20.8 Å². The maximum absolute atomic E-state index is 14.3. The number of amides is 4. The summed E-state index contributed by atoms with van der Waals surface area (Å²) in [6.45, 7) is 9.22. The number of aromatic nitrogens is 4. The number of nitriles is 1. The molecule has 0 spiro atoms. The van der Waals surface area contributed by atoms with Crippen LogP contribution in [0.4, 0.5) is 4.79 Å². The Kier molecular flexibility index (Phi) is 9.50. The fraction of sp³-hybridized carbons (Fsp3) is 0.562. The van der Waals surface area contributed by atoms with Crippen molar-refractivity contribution in [2.45, 2.75) is 89.1 Å². The number of hydrogen-bond acceptors (Lipinski definition) is 10. The molecule has 1 aromatic heterocycles. The molecule has 0 bridgehead atoms. The molecule has 1 unspecified atom stereocenters. The van der Waals surface area contributed by atoms with Crippen molar-refractivity contribution in [3.8, 4) is 23.3 Å². The molecule has 3 N–H and O–H groups in total. The third-order valence-corrected chi connectivity index (χ3v) is 9.14. The Bertz CT molecular complexity index is 1560. The van der Waals surface area contributed by atoms with Crippen LogP contribution in [0.5, 0.6) is 5.75 Å². The van der Waals surface area contributed by atoms with Gasteiger partial charge in [0.15, 0.2) is 6.19 Å². The van der Waals surface area contributed by atoms with Crippen LogP contribution < -0.4 is 20.7 Å². The number of alkyl carbamates (subject to hydrolysis) is 1. The van der Waals surface area contributed by atoms with E-state index in [0.717, 1.165) is 25.7 Å². The van der Waals surface area contributed by atoms with Crippen LogP contribution in [0.1, 0.15) is 65.3 Å². The van der Waals surface area contributed by atoms with Gasteiger partial charge in [-0.2, -0.15) is 10.1 Å². The molecule has 250 valence electrons. The number of ether oxygens (including phenoxy) is 2. The molecule has 4 amide bonds. The number of rotatable bonds is 10. The molecule has 5 atom stereocenters. The second-order valence-corrected chi connectivity index (χ2v) is 13.4. The van der Waals surface area contributed by atoms with Crippen molar-refractivity contribution in [2.24, 2.45) is 11.3 Å². The molecule has 5 rings (SSSR count). The molecule has 1 saturated heterocycles. The third-order valence-electron chi connectivity index (χ3n) is 9.14. The molecule has 3 aliphatic rings. The van der Waals surface area contributed by atoms with Crippen LogP contribution in [0, 0.1) is 22.8 Å². The number of methoxy groups -OCH3 is 1. The maximum atomic E-state index is 14.3. The van der Waals surface area contributed by atoms with Crippen molar-refractivity contribution >= 4 is 23.8 Å². The summed E-state index contributed by atoms with van der Waals surface area (Å²) in [5, 5.41) is 29.7. The normalized spacial score (nSPS) is 24.5. The van der Waals surface area contributed by atoms with Gasteiger partial charge < -0.3 is 25.0 Å². The van der Waals surface area contributed by atoms with Gasteiger partial charge in [-0.15, -0.1) is 16.8 Å². The summed E-state index contributed by atoms with van der Waals surface area (Å²) in [5.74, 6) is -1.11. The van der Waals surface area contributed by atoms with Gasteiger partial charge >= 0.3 is 6.09 Å². The van der Waals surface area contributed by atoms with Gasteiger partial charge in [-0.1, -0.05) is 26.8 Å². The first-order valence-electron chi connectivity index (χ1n) is 15.8. The second-order valence-electron chi connectivity index (χ2n) is 13.4. The fourth-order valence-corrected chi connectivity index (χ4v) is 6.33. The molecule has 15 heteroatoms. The van der Waals surface area contributed by atoms with Crippen LogP contribution in [-0.4, -0.2) is 86.3 Å². The summed E-state index contributed by atoms with van der Waals surface area (Å²) in [4.78, 5) is 56.9. The minimum atomic E-state index is -1.36. The summed E-state index contributed by atoms with van der Waals surface area (Å²) in [7, 11) is 1.57. The number of carbonyl (C=O) groups excluding carboxylic acids is 4. The molecule has 0 radical (unpaired) electrons. The molecule has 2 heterocycles. The van der Waals surface area contributed by atoms with Crippen molar-refractivity contribution in [3.63, 3.8) is 0 Å². The van der Waals surface area contributed by atoms with Crippen molar-refractivity contribution in [1.29, 1.82) is 5.26 Å². The lowest BCUT2D eigenvalue weighted by atomic mass is 9.85. The van der Waals surface area contributed by atoms with Gasteiger partial charge in [0.25, 0.3) is 5.91 Å². The van der Waals surface area contributed by atoms with Gasteiger partial charge in [0.2, 0.25) is 17.6 Å². The second kappa shape index (κ2) is 13.4. The van der Waals surface area contributed by atoms with Crippen LogP contribution in [0.15, 0.2) is 36.9 Å². The lowest BCUT2D eigenvalue weighted by Gasteiger charge is -2.35. The van der Waals surface area contributed by atoms with Gasteiger partial charge in [-0.25, -0.2) is 4.79 Å². The van der Waals surface area contributed by atoms with Crippen molar-refractivity contribution in [3.05, 3.63) is 36.9 Å². The minimum absolute atomic E-state index is 0.0313. The standard InChI is InChI=1S/C32H41N9O6/c1-6-20-16-32(20,29(44)34-18-33)36-27(42)24-15-21(41-38-26(37-39-41)19-11-13-22(46-5)14-12-19)17-40(24)28(43)25(31(2,3)4)35-30(45)47-23-9-7-8-10-23/h6,11-14,20-21,23-25H,1,7-10,15-17H2,2-5H3,(H,34,44)(H,35,45)(H,36,42)/t20?,21-,24+,25+,32-/m1/s1. The number of likely N-dealkylation sites (tertiary alicyclic amines) is 1. The molecule has 3 fully saturated rings. The van der Waals surface area contributed by atoms with E-state index in [0.29, 0.717) is 17.1 Å². The van der Waals surface area contributed by atoms with E-state index < -0.39 is 52.9 Å². The molecule has 1 aromatic carbocycles. The zero-order valence-electron chi connectivity index (χ0n) is 27.1. The molecule has 1 aliphatic heterocycles. The van der Waals surface area contributed by atoms with E-state index >= 15 is 0 Å². The highest BCUT2D eigenvalue weighted by Gasteiger charge is 2.61. The predicted molar refractivity (Wildman–Crippen MR) is 167 cm³/mol. The predicted octanol–water partition coefficient (Wildman–Crippen LogP) is 2.23. The highest BCUT2D eigenvalue weighted by atomic mass is 16.6. The van der Waals surface area contributed by atoms with Gasteiger partial charge in [-0.3, -0.25) is 19.7 Å². The first kappa shape index (κ1) is 33.4. The quantitative estimate of drug-likeness (QED) is 0.196. The molecular weight excluding hydrogens is 606 g/mol. The van der Waals surface area contributed by atoms with Gasteiger partial charge in [0.05, 0.1) is 13.2 Å². The Balaban J connectivity index is 1.41. The highest BCUT2D eigenvalue weighted by molar-refractivity contribution is 5.99. The number of nitrogens with one attached hydrogen (secondary N) is 3. The number of nitrogens with zero attached hydrogens (tertiary/aromatic N) is 6. The number of carbonyl (C=O) groups is 4. The lowest BCUT2D eigenvalue weighted by molar-refractivity contribution is -0.142. The molecule has 2 aromatic rings. The zero-order chi connectivity index (χ0) is 33.9. The van der Waals surface area contributed by atoms with E-state index in [1.165, 1.54) is 9.70 Å². The number of tetrazole rings is 1. The largest absolute Gasteiger partial charge is 0.497 e. The van der Waals surface area contributed by atoms with Crippen molar-refractivity contribution in [2.75, 3.05) is 13.7 Å². The fourth-order valence-electron chi connectivity index (χ4n) is 6.33.